The van der Waals surface area contributed by atoms with Crippen LogP contribution < -0.4 is 5.32 Å². The molecule has 0 bridgehead atoms. The Morgan fingerprint density at radius 2 is 1.88 bits per heavy atom. The van der Waals surface area contributed by atoms with Crippen LogP contribution in [0.3, 0.4) is 0 Å². The SMILES string of the molecule is O=C(O)CCc1cccc(NC(=O)CCCS(=O)(=O)N2CCCC2)c1. The number of carboxylic acids is 1. The molecule has 2 N–H and O–H groups in total. The molecular formula is C17H24N2O5S. The van der Waals surface area contributed by atoms with Gasteiger partial charge in [0, 0.05) is 31.6 Å². The third kappa shape index (κ3) is 6.47. The van der Waals surface area contributed by atoms with Gasteiger partial charge in [-0.3, -0.25) is 9.59 Å². The second-order valence-corrected chi connectivity index (χ2v) is 8.26. The van der Waals surface area contributed by atoms with Gasteiger partial charge in [-0.15, -0.1) is 0 Å². The highest BCUT2D eigenvalue weighted by Gasteiger charge is 2.24. The number of nitrogens with zero attached hydrogens (tertiary/aromatic N) is 1. The van der Waals surface area contributed by atoms with Gasteiger partial charge < -0.3 is 10.4 Å². The smallest absolute Gasteiger partial charge is 0.303 e. The molecule has 1 aromatic rings. The molecule has 1 fully saturated rings. The highest BCUT2D eigenvalue weighted by Crippen LogP contribution is 2.15. The van der Waals surface area contributed by atoms with E-state index in [0.29, 0.717) is 25.2 Å². The molecule has 25 heavy (non-hydrogen) atoms. The van der Waals surface area contributed by atoms with Crippen LogP contribution in [-0.4, -0.2) is 48.5 Å². The van der Waals surface area contributed by atoms with Crippen LogP contribution in [0, 0.1) is 0 Å². The molecule has 0 unspecified atom stereocenters. The quantitative estimate of drug-likeness (QED) is 0.692. The molecule has 2 rings (SSSR count). The van der Waals surface area contributed by atoms with Crippen molar-refractivity contribution in [2.75, 3.05) is 24.2 Å². The largest absolute Gasteiger partial charge is 0.481 e. The van der Waals surface area contributed by atoms with Crippen LogP contribution in [0.1, 0.15) is 37.7 Å². The summed E-state index contributed by atoms with van der Waals surface area (Å²) in [5, 5.41) is 11.4. The normalized spacial score (nSPS) is 15.2. The molecule has 138 valence electrons. The maximum Gasteiger partial charge on any atom is 0.303 e. The lowest BCUT2D eigenvalue weighted by atomic mass is 10.1. The molecule has 1 aromatic carbocycles. The van der Waals surface area contributed by atoms with Gasteiger partial charge in [0.05, 0.1) is 5.75 Å². The van der Waals surface area contributed by atoms with E-state index in [1.54, 1.807) is 24.3 Å². The zero-order chi connectivity index (χ0) is 18.3. The number of hydrogen-bond acceptors (Lipinski definition) is 4. The molecule has 0 atom stereocenters. The Labute approximate surface area is 148 Å². The summed E-state index contributed by atoms with van der Waals surface area (Å²) in [5.41, 5.74) is 1.42. The van der Waals surface area contributed by atoms with Gasteiger partial charge in [-0.2, -0.15) is 0 Å². The summed E-state index contributed by atoms with van der Waals surface area (Å²) in [6.45, 7) is 1.16. The van der Waals surface area contributed by atoms with E-state index in [4.69, 9.17) is 5.11 Å². The summed E-state index contributed by atoms with van der Waals surface area (Å²) < 4.78 is 25.7. The van der Waals surface area contributed by atoms with E-state index in [9.17, 15) is 18.0 Å². The number of sulfonamides is 1. The zero-order valence-electron chi connectivity index (χ0n) is 14.1. The summed E-state index contributed by atoms with van der Waals surface area (Å²) in [6, 6.07) is 7.02. The molecule has 7 nitrogen and oxygen atoms in total. The fraction of sp³-hybridized carbons (Fsp3) is 0.529. The number of nitrogens with one attached hydrogen (secondary N) is 1. The summed E-state index contributed by atoms with van der Waals surface area (Å²) >= 11 is 0. The third-order valence-corrected chi connectivity index (χ3v) is 6.06. The van der Waals surface area contributed by atoms with E-state index >= 15 is 0 Å². The molecule has 1 heterocycles. The summed E-state index contributed by atoms with van der Waals surface area (Å²) in [6.07, 6.45) is 2.64. The number of carbonyl (C=O) groups excluding carboxylic acids is 1. The van der Waals surface area contributed by atoms with E-state index in [2.05, 4.69) is 5.32 Å². The number of rotatable bonds is 9. The standard InChI is InChI=1S/C17H24N2O5S/c20-16(7-4-12-25(23,24)19-10-1-2-11-19)18-15-6-3-5-14(13-15)8-9-17(21)22/h3,5-6,13H,1-2,4,7-12H2,(H,18,20)(H,21,22). The Morgan fingerprint density at radius 3 is 2.56 bits per heavy atom. The molecule has 0 aliphatic carbocycles. The van der Waals surface area contributed by atoms with Crippen molar-refractivity contribution in [1.29, 1.82) is 0 Å². The van der Waals surface area contributed by atoms with Gasteiger partial charge in [-0.25, -0.2) is 12.7 Å². The number of aryl methyl sites for hydroxylation is 1. The molecular weight excluding hydrogens is 344 g/mol. The number of carboxylic acid groups (broad SMARTS) is 1. The molecule has 1 aliphatic rings. The molecule has 1 aliphatic heterocycles. The lowest BCUT2D eigenvalue weighted by molar-refractivity contribution is -0.137. The van der Waals surface area contributed by atoms with Crippen molar-refractivity contribution in [1.82, 2.24) is 4.31 Å². The van der Waals surface area contributed by atoms with Crippen molar-refractivity contribution < 1.29 is 23.1 Å². The Bertz CT molecular complexity index is 712. The van der Waals surface area contributed by atoms with Gasteiger partial charge in [0.15, 0.2) is 0 Å². The maximum absolute atomic E-state index is 12.1. The van der Waals surface area contributed by atoms with Gasteiger partial charge in [0.25, 0.3) is 0 Å². The Balaban J connectivity index is 1.78. The number of benzene rings is 1. The average molecular weight is 368 g/mol. The van der Waals surface area contributed by atoms with Gasteiger partial charge >= 0.3 is 5.97 Å². The predicted molar refractivity (Wildman–Crippen MR) is 94.9 cm³/mol. The van der Waals surface area contributed by atoms with Gasteiger partial charge in [0.1, 0.15) is 0 Å². The first-order chi connectivity index (χ1) is 11.9. The van der Waals surface area contributed by atoms with Crippen LogP contribution in [0.4, 0.5) is 5.69 Å². The van der Waals surface area contributed by atoms with Gasteiger partial charge in [0.2, 0.25) is 15.9 Å². The van der Waals surface area contributed by atoms with E-state index in [-0.39, 0.29) is 30.9 Å². The topological polar surface area (TPSA) is 104 Å². The highest BCUT2D eigenvalue weighted by molar-refractivity contribution is 7.89. The van der Waals surface area contributed by atoms with Crippen LogP contribution in [0.15, 0.2) is 24.3 Å². The Morgan fingerprint density at radius 1 is 1.16 bits per heavy atom. The fourth-order valence-electron chi connectivity index (χ4n) is 2.79. The molecule has 8 heteroatoms. The fourth-order valence-corrected chi connectivity index (χ4v) is 4.37. The number of amides is 1. The van der Waals surface area contributed by atoms with Crippen molar-refractivity contribution in [2.24, 2.45) is 0 Å². The minimum absolute atomic E-state index is 0.0148. The highest BCUT2D eigenvalue weighted by atomic mass is 32.2. The first kappa shape index (κ1) is 19.4. The average Bonchev–Trinajstić information content (AvgIpc) is 3.08. The maximum atomic E-state index is 12.1. The van der Waals surface area contributed by atoms with Crippen molar-refractivity contribution in [3.05, 3.63) is 29.8 Å². The lowest BCUT2D eigenvalue weighted by Gasteiger charge is -2.15. The number of aliphatic carboxylic acids is 1. The minimum atomic E-state index is -3.25. The molecule has 1 saturated heterocycles. The second kappa shape index (κ2) is 8.96. The molecule has 0 radical (unpaired) electrons. The number of carbonyl (C=O) groups is 2. The van der Waals surface area contributed by atoms with Crippen LogP contribution in [-0.2, 0) is 26.0 Å². The predicted octanol–water partition coefficient (Wildman–Crippen LogP) is 1.85. The van der Waals surface area contributed by atoms with Crippen molar-refractivity contribution in [3.63, 3.8) is 0 Å². The second-order valence-electron chi connectivity index (χ2n) is 6.17. The van der Waals surface area contributed by atoms with E-state index in [1.807, 2.05) is 0 Å². The zero-order valence-corrected chi connectivity index (χ0v) is 14.9. The summed E-state index contributed by atoms with van der Waals surface area (Å²) in [4.78, 5) is 22.6. The van der Waals surface area contributed by atoms with E-state index in [0.717, 1.165) is 18.4 Å². The third-order valence-electron chi connectivity index (χ3n) is 4.10. The van der Waals surface area contributed by atoms with Crippen LogP contribution in [0.2, 0.25) is 0 Å². The molecule has 0 aromatic heterocycles. The monoisotopic (exact) mass is 368 g/mol. The van der Waals surface area contributed by atoms with Crippen molar-refractivity contribution >= 4 is 27.6 Å². The van der Waals surface area contributed by atoms with Crippen LogP contribution in [0.25, 0.3) is 0 Å². The van der Waals surface area contributed by atoms with E-state index < -0.39 is 16.0 Å². The lowest BCUT2D eigenvalue weighted by Crippen LogP contribution is -2.30. The number of hydrogen-bond donors (Lipinski definition) is 2. The van der Waals surface area contributed by atoms with E-state index in [1.165, 1.54) is 4.31 Å². The van der Waals surface area contributed by atoms with Crippen molar-refractivity contribution in [2.45, 2.75) is 38.5 Å². The molecule has 0 spiro atoms. The Kier molecular flexibility index (Phi) is 6.95. The van der Waals surface area contributed by atoms with Crippen LogP contribution >= 0.6 is 0 Å². The molecule has 1 amide bonds. The number of anilines is 1. The minimum Gasteiger partial charge on any atom is -0.481 e. The van der Waals surface area contributed by atoms with Gasteiger partial charge in [-0.05, 0) is 43.4 Å². The summed E-state index contributed by atoms with van der Waals surface area (Å²) in [7, 11) is -3.25. The van der Waals surface area contributed by atoms with Crippen molar-refractivity contribution in [3.8, 4) is 0 Å². The van der Waals surface area contributed by atoms with Crippen LogP contribution in [0.5, 0.6) is 0 Å². The summed E-state index contributed by atoms with van der Waals surface area (Å²) in [5.74, 6) is -1.13. The molecule has 0 saturated carbocycles. The first-order valence-corrected chi connectivity index (χ1v) is 10.1. The van der Waals surface area contributed by atoms with Gasteiger partial charge in [-0.1, -0.05) is 12.1 Å². The first-order valence-electron chi connectivity index (χ1n) is 8.45. The Hall–Kier alpha value is -1.93.